The van der Waals surface area contributed by atoms with Gasteiger partial charge in [-0.15, -0.1) is 0 Å². The van der Waals surface area contributed by atoms with Crippen LogP contribution in [0.25, 0.3) is 0 Å². The first-order chi connectivity index (χ1) is 8.93. The maximum absolute atomic E-state index is 11.8. The van der Waals surface area contributed by atoms with Gasteiger partial charge in [-0.25, -0.2) is 0 Å². The van der Waals surface area contributed by atoms with Crippen LogP contribution in [-0.4, -0.2) is 38.7 Å². The average molecular weight is 265 g/mol. The topological polar surface area (TPSA) is 38.8 Å². The molecule has 0 aliphatic carbocycles. The van der Waals surface area contributed by atoms with E-state index in [2.05, 4.69) is 0 Å². The van der Waals surface area contributed by atoms with Crippen LogP contribution in [0.4, 0.5) is 0 Å². The van der Waals surface area contributed by atoms with Crippen LogP contribution in [0.15, 0.2) is 24.3 Å². The summed E-state index contributed by atoms with van der Waals surface area (Å²) in [5.74, 6) is 0.621. The molecule has 106 valence electrons. The number of ether oxygens (including phenoxy) is 2. The molecule has 0 aliphatic heterocycles. The number of benzene rings is 1. The Hall–Kier alpha value is -1.55. The van der Waals surface area contributed by atoms with Crippen molar-refractivity contribution in [2.24, 2.45) is 0 Å². The van der Waals surface area contributed by atoms with Gasteiger partial charge in [0.1, 0.15) is 5.75 Å². The van der Waals surface area contributed by atoms with E-state index in [4.69, 9.17) is 9.47 Å². The van der Waals surface area contributed by atoms with E-state index in [1.54, 1.807) is 7.11 Å². The molecular formula is C15H23NO3. The fraction of sp³-hybridized carbons (Fsp3) is 0.533. The van der Waals surface area contributed by atoms with Crippen LogP contribution in [0.3, 0.4) is 0 Å². The molecule has 0 radical (unpaired) electrons. The molecule has 1 unspecified atom stereocenters. The number of methoxy groups -OCH3 is 1. The monoisotopic (exact) mass is 265 g/mol. The number of hydrogen-bond donors (Lipinski definition) is 0. The molecule has 1 aromatic rings. The molecule has 1 aromatic carbocycles. The van der Waals surface area contributed by atoms with Gasteiger partial charge in [-0.3, -0.25) is 9.69 Å². The minimum Gasteiger partial charge on any atom is -0.497 e. The minimum absolute atomic E-state index is 0.186. The Morgan fingerprint density at radius 1 is 1.26 bits per heavy atom. The molecule has 0 amide bonds. The summed E-state index contributed by atoms with van der Waals surface area (Å²) in [6.07, 6.45) is 0.320. The fourth-order valence-electron chi connectivity index (χ4n) is 1.96. The Bertz CT molecular complexity index is 414. The van der Waals surface area contributed by atoms with Crippen molar-refractivity contribution in [3.63, 3.8) is 0 Å². The number of rotatable bonds is 6. The van der Waals surface area contributed by atoms with Crippen molar-refractivity contribution in [3.05, 3.63) is 29.8 Å². The third-order valence-electron chi connectivity index (χ3n) is 3.49. The molecule has 1 atom stereocenters. The van der Waals surface area contributed by atoms with Gasteiger partial charge in [-0.1, -0.05) is 12.1 Å². The van der Waals surface area contributed by atoms with Gasteiger partial charge < -0.3 is 9.47 Å². The molecule has 0 heterocycles. The second kappa shape index (κ2) is 6.57. The number of esters is 1. The van der Waals surface area contributed by atoms with Crippen LogP contribution in [0.2, 0.25) is 0 Å². The van der Waals surface area contributed by atoms with Gasteiger partial charge in [-0.2, -0.15) is 0 Å². The molecular weight excluding hydrogens is 242 g/mol. The Morgan fingerprint density at radius 2 is 1.84 bits per heavy atom. The third-order valence-corrected chi connectivity index (χ3v) is 3.49. The van der Waals surface area contributed by atoms with Crippen LogP contribution in [0.5, 0.6) is 5.75 Å². The minimum atomic E-state index is -0.390. The summed E-state index contributed by atoms with van der Waals surface area (Å²) in [5, 5.41) is 0. The van der Waals surface area contributed by atoms with Crippen molar-refractivity contribution < 1.29 is 14.3 Å². The second-order valence-corrected chi connectivity index (χ2v) is 4.88. The highest BCUT2D eigenvalue weighted by Crippen LogP contribution is 2.31. The summed E-state index contributed by atoms with van der Waals surface area (Å²) in [6.45, 7) is 4.26. The first kappa shape index (κ1) is 15.5. The van der Waals surface area contributed by atoms with E-state index >= 15 is 0 Å². The quantitative estimate of drug-likeness (QED) is 0.740. The van der Waals surface area contributed by atoms with Gasteiger partial charge in [0.25, 0.3) is 0 Å². The lowest BCUT2D eigenvalue weighted by Crippen LogP contribution is -2.40. The lowest BCUT2D eigenvalue weighted by atomic mass is 9.87. The summed E-state index contributed by atoms with van der Waals surface area (Å²) in [7, 11) is 5.56. The van der Waals surface area contributed by atoms with Crippen LogP contribution < -0.4 is 4.74 Å². The van der Waals surface area contributed by atoms with Crippen molar-refractivity contribution in [1.29, 1.82) is 0 Å². The molecule has 0 saturated heterocycles. The average Bonchev–Trinajstić information content (AvgIpc) is 2.38. The SMILES string of the molecule is CCOC(=O)CC(C)(c1ccc(OC)cc1)N(C)C. The third kappa shape index (κ3) is 3.70. The molecule has 0 spiro atoms. The van der Waals surface area contributed by atoms with Gasteiger partial charge in [0, 0.05) is 0 Å². The predicted octanol–water partition coefficient (Wildman–Crippen LogP) is 2.43. The highest BCUT2D eigenvalue weighted by Gasteiger charge is 2.32. The Balaban J connectivity index is 3.00. The Morgan fingerprint density at radius 3 is 2.26 bits per heavy atom. The maximum atomic E-state index is 11.8. The fourth-order valence-corrected chi connectivity index (χ4v) is 1.96. The van der Waals surface area contributed by atoms with E-state index in [1.807, 2.05) is 57.1 Å². The van der Waals surface area contributed by atoms with E-state index in [0.29, 0.717) is 13.0 Å². The zero-order valence-corrected chi connectivity index (χ0v) is 12.4. The van der Waals surface area contributed by atoms with Crippen molar-refractivity contribution in [3.8, 4) is 5.75 Å². The lowest BCUT2D eigenvalue weighted by Gasteiger charge is -2.36. The van der Waals surface area contributed by atoms with Gasteiger partial charge in [0.2, 0.25) is 0 Å². The molecule has 19 heavy (non-hydrogen) atoms. The first-order valence-electron chi connectivity index (χ1n) is 6.41. The molecule has 0 aliphatic rings. The van der Waals surface area contributed by atoms with Crippen LogP contribution in [0, 0.1) is 0 Å². The zero-order valence-electron chi connectivity index (χ0n) is 12.4. The van der Waals surface area contributed by atoms with Crippen LogP contribution in [-0.2, 0) is 15.1 Å². The van der Waals surface area contributed by atoms with E-state index in [1.165, 1.54) is 0 Å². The molecule has 1 rings (SSSR count). The normalized spacial score (nSPS) is 14.0. The summed E-state index contributed by atoms with van der Waals surface area (Å²) in [4.78, 5) is 13.8. The first-order valence-corrected chi connectivity index (χ1v) is 6.41. The Labute approximate surface area is 115 Å². The van der Waals surface area contributed by atoms with Crippen molar-refractivity contribution in [1.82, 2.24) is 4.90 Å². The summed E-state index contributed by atoms with van der Waals surface area (Å²) in [5.41, 5.74) is 0.671. The van der Waals surface area contributed by atoms with E-state index in [-0.39, 0.29) is 5.97 Å². The van der Waals surface area contributed by atoms with Crippen LogP contribution >= 0.6 is 0 Å². The number of hydrogen-bond acceptors (Lipinski definition) is 4. The van der Waals surface area contributed by atoms with E-state index in [9.17, 15) is 4.79 Å². The highest BCUT2D eigenvalue weighted by molar-refractivity contribution is 5.71. The van der Waals surface area contributed by atoms with Gasteiger partial charge in [0.15, 0.2) is 0 Å². The maximum Gasteiger partial charge on any atom is 0.307 e. The molecule has 4 nitrogen and oxygen atoms in total. The molecule has 0 fully saturated rings. The zero-order chi connectivity index (χ0) is 14.5. The molecule has 0 bridgehead atoms. The van der Waals surface area contributed by atoms with Crippen molar-refractivity contribution in [2.45, 2.75) is 25.8 Å². The van der Waals surface area contributed by atoms with Crippen molar-refractivity contribution >= 4 is 5.97 Å². The van der Waals surface area contributed by atoms with Crippen molar-refractivity contribution in [2.75, 3.05) is 27.8 Å². The molecule has 0 saturated carbocycles. The second-order valence-electron chi connectivity index (χ2n) is 4.88. The van der Waals surface area contributed by atoms with E-state index in [0.717, 1.165) is 11.3 Å². The van der Waals surface area contributed by atoms with Gasteiger partial charge in [0.05, 0.1) is 25.7 Å². The largest absolute Gasteiger partial charge is 0.497 e. The lowest BCUT2D eigenvalue weighted by molar-refractivity contribution is -0.146. The number of carbonyl (C=O) groups is 1. The smallest absolute Gasteiger partial charge is 0.307 e. The molecule has 0 N–H and O–H groups in total. The predicted molar refractivity (Wildman–Crippen MR) is 75.3 cm³/mol. The summed E-state index contributed by atoms with van der Waals surface area (Å²) < 4.78 is 10.2. The summed E-state index contributed by atoms with van der Waals surface area (Å²) >= 11 is 0. The number of carbonyl (C=O) groups excluding carboxylic acids is 1. The summed E-state index contributed by atoms with van der Waals surface area (Å²) in [6, 6.07) is 7.78. The molecule has 0 aromatic heterocycles. The van der Waals surface area contributed by atoms with Gasteiger partial charge in [-0.05, 0) is 45.6 Å². The Kier molecular flexibility index (Phi) is 5.36. The molecule has 4 heteroatoms. The highest BCUT2D eigenvalue weighted by atomic mass is 16.5. The van der Waals surface area contributed by atoms with E-state index < -0.39 is 5.54 Å². The van der Waals surface area contributed by atoms with Gasteiger partial charge >= 0.3 is 5.97 Å². The number of nitrogens with zero attached hydrogens (tertiary/aromatic N) is 1. The standard InChI is InChI=1S/C15H23NO3/c1-6-19-14(17)11-15(2,16(3)4)12-7-9-13(18-5)10-8-12/h7-10H,6,11H2,1-5H3. The van der Waals surface area contributed by atoms with Crippen LogP contribution in [0.1, 0.15) is 25.8 Å².